The van der Waals surface area contributed by atoms with Gasteiger partial charge in [0.05, 0.1) is 0 Å². The summed E-state index contributed by atoms with van der Waals surface area (Å²) < 4.78 is 0. The largest absolute Gasteiger partial charge is 0.508 e. The van der Waals surface area contributed by atoms with Crippen molar-refractivity contribution in [3.05, 3.63) is 51.7 Å². The van der Waals surface area contributed by atoms with Gasteiger partial charge < -0.3 is 10.4 Å². The maximum Gasteiger partial charge on any atom is 0.120 e. The number of rotatable bonds is 5. The Bertz CT molecular complexity index is 479. The van der Waals surface area contributed by atoms with Crippen molar-refractivity contribution in [1.82, 2.24) is 5.32 Å². The first-order valence-corrected chi connectivity index (χ1v) is 6.66. The summed E-state index contributed by atoms with van der Waals surface area (Å²) in [5.41, 5.74) is 0.944. The number of phenols is 1. The molecule has 2 aromatic rings. The molecular weight excluding hydrogens is 230 g/mol. The van der Waals surface area contributed by atoms with E-state index in [-0.39, 0.29) is 0 Å². The van der Waals surface area contributed by atoms with E-state index >= 15 is 0 Å². The second kappa shape index (κ2) is 5.84. The number of aryl methyl sites for hydroxylation is 1. The fraction of sp³-hybridized carbons (Fsp3) is 0.286. The Balaban J connectivity index is 1.85. The van der Waals surface area contributed by atoms with E-state index in [0.717, 1.165) is 18.5 Å². The summed E-state index contributed by atoms with van der Waals surface area (Å²) in [6.07, 6.45) is 1.10. The monoisotopic (exact) mass is 247 g/mol. The maximum atomic E-state index is 9.61. The van der Waals surface area contributed by atoms with Gasteiger partial charge in [-0.05, 0) is 24.6 Å². The summed E-state index contributed by atoms with van der Waals surface area (Å²) in [4.78, 5) is 2.77. The van der Waals surface area contributed by atoms with E-state index in [1.807, 2.05) is 29.5 Å². The van der Waals surface area contributed by atoms with Gasteiger partial charge in [0.1, 0.15) is 5.75 Å². The van der Waals surface area contributed by atoms with Crippen LogP contribution in [0.5, 0.6) is 5.75 Å². The Kier molecular flexibility index (Phi) is 4.18. The smallest absolute Gasteiger partial charge is 0.120 e. The van der Waals surface area contributed by atoms with Crippen LogP contribution in [0.4, 0.5) is 0 Å². The third-order valence-electron chi connectivity index (χ3n) is 2.67. The van der Waals surface area contributed by atoms with Crippen LogP contribution < -0.4 is 5.32 Å². The highest BCUT2D eigenvalue weighted by atomic mass is 32.1. The molecule has 1 aromatic carbocycles. The number of aromatic hydroxyl groups is 1. The first-order chi connectivity index (χ1) is 8.29. The summed E-state index contributed by atoms with van der Waals surface area (Å²) in [6, 6.07) is 11.8. The Morgan fingerprint density at radius 3 is 2.53 bits per heavy atom. The van der Waals surface area contributed by atoms with Crippen molar-refractivity contribution in [2.45, 2.75) is 26.4 Å². The molecule has 0 aliphatic carbocycles. The second-order valence-electron chi connectivity index (χ2n) is 3.95. The number of nitrogens with one attached hydrogen (secondary N) is 1. The lowest BCUT2D eigenvalue weighted by atomic mass is 10.2. The summed E-state index contributed by atoms with van der Waals surface area (Å²) in [6.45, 7) is 3.73. The van der Waals surface area contributed by atoms with Gasteiger partial charge in [0, 0.05) is 28.4 Å². The molecule has 3 heteroatoms. The van der Waals surface area contributed by atoms with Gasteiger partial charge in [-0.2, -0.15) is 0 Å². The molecule has 2 nitrogen and oxygen atoms in total. The molecule has 0 aliphatic heterocycles. The SMILES string of the molecule is CCc1ccc(CNCc2ccccc2O)s1. The zero-order chi connectivity index (χ0) is 12.1. The van der Waals surface area contributed by atoms with Gasteiger partial charge in [0.2, 0.25) is 0 Å². The van der Waals surface area contributed by atoms with Crippen molar-refractivity contribution in [1.29, 1.82) is 0 Å². The number of hydrogen-bond donors (Lipinski definition) is 2. The van der Waals surface area contributed by atoms with Gasteiger partial charge in [0.15, 0.2) is 0 Å². The Morgan fingerprint density at radius 2 is 1.82 bits per heavy atom. The zero-order valence-corrected chi connectivity index (χ0v) is 10.8. The highest BCUT2D eigenvalue weighted by Gasteiger charge is 2.01. The van der Waals surface area contributed by atoms with Gasteiger partial charge in [0.25, 0.3) is 0 Å². The van der Waals surface area contributed by atoms with Crippen LogP contribution in [0.15, 0.2) is 36.4 Å². The van der Waals surface area contributed by atoms with Crippen LogP contribution in [0.1, 0.15) is 22.2 Å². The molecule has 0 fully saturated rings. The molecule has 0 aliphatic rings. The summed E-state index contributed by atoms with van der Waals surface area (Å²) in [5.74, 6) is 0.362. The molecule has 0 saturated heterocycles. The minimum atomic E-state index is 0.362. The normalized spacial score (nSPS) is 10.6. The van der Waals surface area contributed by atoms with Crippen LogP contribution in [0.2, 0.25) is 0 Å². The lowest BCUT2D eigenvalue weighted by molar-refractivity contribution is 0.464. The third kappa shape index (κ3) is 3.32. The molecule has 0 saturated carbocycles. The van der Waals surface area contributed by atoms with Gasteiger partial charge >= 0.3 is 0 Å². The first-order valence-electron chi connectivity index (χ1n) is 5.84. The number of phenolic OH excluding ortho intramolecular Hbond substituents is 1. The van der Waals surface area contributed by atoms with Crippen molar-refractivity contribution in [3.63, 3.8) is 0 Å². The van der Waals surface area contributed by atoms with E-state index in [9.17, 15) is 5.11 Å². The molecule has 2 rings (SSSR count). The fourth-order valence-electron chi connectivity index (χ4n) is 1.69. The van der Waals surface area contributed by atoms with Gasteiger partial charge in [-0.3, -0.25) is 0 Å². The fourth-order valence-corrected chi connectivity index (χ4v) is 2.62. The summed E-state index contributed by atoms with van der Waals surface area (Å²) >= 11 is 1.85. The topological polar surface area (TPSA) is 32.3 Å². The standard InChI is InChI=1S/C14H17NOS/c1-2-12-7-8-13(17-12)10-15-9-11-5-3-4-6-14(11)16/h3-8,15-16H,2,9-10H2,1H3. The second-order valence-corrected chi connectivity index (χ2v) is 5.21. The first kappa shape index (κ1) is 12.1. The molecule has 90 valence electrons. The average molecular weight is 247 g/mol. The van der Waals surface area contributed by atoms with Crippen LogP contribution in [-0.2, 0) is 19.5 Å². The molecule has 0 radical (unpaired) electrons. The highest BCUT2D eigenvalue weighted by Crippen LogP contribution is 2.18. The van der Waals surface area contributed by atoms with E-state index in [1.165, 1.54) is 9.75 Å². The number of thiophene rings is 1. The Morgan fingerprint density at radius 1 is 1.06 bits per heavy atom. The summed E-state index contributed by atoms with van der Waals surface area (Å²) in [7, 11) is 0. The van der Waals surface area contributed by atoms with Gasteiger partial charge in [-0.1, -0.05) is 25.1 Å². The molecule has 2 N–H and O–H groups in total. The number of hydrogen-bond acceptors (Lipinski definition) is 3. The maximum absolute atomic E-state index is 9.61. The predicted molar refractivity (Wildman–Crippen MR) is 72.3 cm³/mol. The minimum Gasteiger partial charge on any atom is -0.508 e. The van der Waals surface area contributed by atoms with Crippen LogP contribution in [0.25, 0.3) is 0 Å². The molecule has 1 aromatic heterocycles. The molecule has 17 heavy (non-hydrogen) atoms. The lowest BCUT2D eigenvalue weighted by Crippen LogP contribution is -2.11. The molecule has 0 bridgehead atoms. The molecule has 0 amide bonds. The van der Waals surface area contributed by atoms with Crippen LogP contribution in [0.3, 0.4) is 0 Å². The molecule has 0 unspecified atom stereocenters. The quantitative estimate of drug-likeness (QED) is 0.849. The third-order valence-corrected chi connectivity index (χ3v) is 3.90. The van der Waals surface area contributed by atoms with Gasteiger partial charge in [-0.25, -0.2) is 0 Å². The molecule has 0 spiro atoms. The van der Waals surface area contributed by atoms with E-state index < -0.39 is 0 Å². The van der Waals surface area contributed by atoms with E-state index in [4.69, 9.17) is 0 Å². The zero-order valence-electron chi connectivity index (χ0n) is 9.94. The number of benzene rings is 1. The molecule has 0 atom stereocenters. The van der Waals surface area contributed by atoms with Crippen molar-refractivity contribution in [2.24, 2.45) is 0 Å². The van der Waals surface area contributed by atoms with E-state index in [2.05, 4.69) is 24.4 Å². The summed E-state index contributed by atoms with van der Waals surface area (Å²) in [5, 5.41) is 13.0. The van der Waals surface area contributed by atoms with Crippen molar-refractivity contribution < 1.29 is 5.11 Å². The van der Waals surface area contributed by atoms with E-state index in [1.54, 1.807) is 6.07 Å². The van der Waals surface area contributed by atoms with Crippen LogP contribution >= 0.6 is 11.3 Å². The van der Waals surface area contributed by atoms with Crippen molar-refractivity contribution in [2.75, 3.05) is 0 Å². The van der Waals surface area contributed by atoms with Gasteiger partial charge in [-0.15, -0.1) is 11.3 Å². The Hall–Kier alpha value is -1.32. The predicted octanol–water partition coefficient (Wildman–Crippen LogP) is 3.31. The van der Waals surface area contributed by atoms with E-state index in [0.29, 0.717) is 12.3 Å². The van der Waals surface area contributed by atoms with Crippen molar-refractivity contribution in [3.8, 4) is 5.75 Å². The molecule has 1 heterocycles. The lowest BCUT2D eigenvalue weighted by Gasteiger charge is -2.05. The average Bonchev–Trinajstić information content (AvgIpc) is 2.80. The van der Waals surface area contributed by atoms with Crippen LogP contribution in [0, 0.1) is 0 Å². The Labute approximate surface area is 106 Å². The number of para-hydroxylation sites is 1. The van der Waals surface area contributed by atoms with Crippen LogP contribution in [-0.4, -0.2) is 5.11 Å². The highest BCUT2D eigenvalue weighted by molar-refractivity contribution is 7.11. The molecular formula is C14H17NOS. The minimum absolute atomic E-state index is 0.362. The van der Waals surface area contributed by atoms with Crippen molar-refractivity contribution >= 4 is 11.3 Å².